The fourth-order valence-electron chi connectivity index (χ4n) is 3.59. The zero-order chi connectivity index (χ0) is 18.1. The maximum atomic E-state index is 12.6. The Bertz CT molecular complexity index is 795. The number of amides is 2. The molecule has 0 aromatic carbocycles. The minimum Gasteiger partial charge on any atom is -0.371 e. The van der Waals surface area contributed by atoms with Gasteiger partial charge in [-0.2, -0.15) is 11.3 Å². The van der Waals surface area contributed by atoms with Crippen LogP contribution in [0.3, 0.4) is 0 Å². The van der Waals surface area contributed by atoms with Gasteiger partial charge in [-0.15, -0.1) is 5.10 Å². The third-order valence-electron chi connectivity index (χ3n) is 5.06. The quantitative estimate of drug-likeness (QED) is 0.783. The molecule has 2 aromatic rings. The van der Waals surface area contributed by atoms with Crippen LogP contribution in [0.1, 0.15) is 33.8 Å². The first-order valence-electron chi connectivity index (χ1n) is 8.67. The Hall–Kier alpha value is -2.26. The number of piperidine rings is 1. The molecule has 0 saturated carbocycles. The predicted octanol–water partition coefficient (Wildman–Crippen LogP) is 1.02. The number of hydrogen-bond donors (Lipinski definition) is 0. The lowest BCUT2D eigenvalue weighted by atomic mass is 9.89. The highest BCUT2D eigenvalue weighted by Gasteiger charge is 2.42. The van der Waals surface area contributed by atoms with E-state index in [1.807, 2.05) is 21.7 Å². The molecule has 2 fully saturated rings. The summed E-state index contributed by atoms with van der Waals surface area (Å²) < 4.78 is 7.60. The lowest BCUT2D eigenvalue weighted by Gasteiger charge is -2.47. The highest BCUT2D eigenvalue weighted by molar-refractivity contribution is 7.08. The molecule has 8 nitrogen and oxygen atoms in total. The Morgan fingerprint density at radius 1 is 1.19 bits per heavy atom. The van der Waals surface area contributed by atoms with E-state index in [1.54, 1.807) is 11.9 Å². The van der Waals surface area contributed by atoms with E-state index < -0.39 is 0 Å². The minimum absolute atomic E-state index is 0.0603. The summed E-state index contributed by atoms with van der Waals surface area (Å²) in [5.74, 6) is 0.134. The zero-order valence-corrected chi connectivity index (χ0v) is 15.4. The fraction of sp³-hybridized carbons (Fsp3) is 0.529. The SMILES string of the molecule is Cn1cnc(C(=O)N2CCC3(CC2)CN(C(=O)c2ccsc2)CCO3)n1. The number of rotatable bonds is 2. The Balaban J connectivity index is 1.40. The standard InChI is InChI=1S/C17H21N5O3S/c1-20-12-18-14(19-20)16(24)21-5-3-17(4-6-21)11-22(7-8-25-17)15(23)13-2-9-26-10-13/h2,9-10,12H,3-8,11H2,1H3. The highest BCUT2D eigenvalue weighted by Crippen LogP contribution is 2.31. The molecule has 4 heterocycles. The van der Waals surface area contributed by atoms with Gasteiger partial charge < -0.3 is 14.5 Å². The molecule has 26 heavy (non-hydrogen) atoms. The molecule has 2 aliphatic heterocycles. The second-order valence-electron chi connectivity index (χ2n) is 6.80. The molecule has 4 rings (SSSR count). The molecule has 0 radical (unpaired) electrons. The van der Waals surface area contributed by atoms with E-state index in [0.717, 1.165) is 5.56 Å². The van der Waals surface area contributed by atoms with Gasteiger partial charge in [-0.3, -0.25) is 14.3 Å². The molecule has 1 spiro atoms. The first-order valence-corrected chi connectivity index (χ1v) is 9.61. The van der Waals surface area contributed by atoms with Gasteiger partial charge in [0.1, 0.15) is 6.33 Å². The molecule has 2 amide bonds. The van der Waals surface area contributed by atoms with Gasteiger partial charge in [0.15, 0.2) is 0 Å². The summed E-state index contributed by atoms with van der Waals surface area (Å²) in [7, 11) is 1.74. The van der Waals surface area contributed by atoms with Gasteiger partial charge in [0.05, 0.1) is 24.3 Å². The maximum Gasteiger partial charge on any atom is 0.293 e. The lowest BCUT2D eigenvalue weighted by molar-refractivity contribution is -0.123. The van der Waals surface area contributed by atoms with Crippen LogP contribution < -0.4 is 0 Å². The van der Waals surface area contributed by atoms with Crippen LogP contribution >= 0.6 is 11.3 Å². The predicted molar refractivity (Wildman–Crippen MR) is 95.0 cm³/mol. The van der Waals surface area contributed by atoms with E-state index in [0.29, 0.717) is 45.6 Å². The van der Waals surface area contributed by atoms with Crippen LogP contribution in [0.4, 0.5) is 0 Å². The van der Waals surface area contributed by atoms with Crippen molar-refractivity contribution in [1.82, 2.24) is 24.6 Å². The number of aromatic nitrogens is 3. The third-order valence-corrected chi connectivity index (χ3v) is 5.74. The lowest BCUT2D eigenvalue weighted by Crippen LogP contribution is -2.58. The molecular formula is C17H21N5O3S. The third kappa shape index (κ3) is 3.24. The van der Waals surface area contributed by atoms with Gasteiger partial charge in [0.2, 0.25) is 5.82 Å². The monoisotopic (exact) mass is 375 g/mol. The molecule has 9 heteroatoms. The van der Waals surface area contributed by atoms with Gasteiger partial charge >= 0.3 is 0 Å². The molecule has 138 valence electrons. The van der Waals surface area contributed by atoms with E-state index in [2.05, 4.69) is 10.1 Å². The van der Waals surface area contributed by atoms with E-state index in [4.69, 9.17) is 4.74 Å². The molecule has 2 aromatic heterocycles. The van der Waals surface area contributed by atoms with Crippen molar-refractivity contribution in [2.45, 2.75) is 18.4 Å². The van der Waals surface area contributed by atoms with Gasteiger partial charge in [-0.25, -0.2) is 4.98 Å². The van der Waals surface area contributed by atoms with Crippen LogP contribution in [0.5, 0.6) is 0 Å². The van der Waals surface area contributed by atoms with E-state index >= 15 is 0 Å². The van der Waals surface area contributed by atoms with Crippen molar-refractivity contribution in [1.29, 1.82) is 0 Å². The first kappa shape index (κ1) is 17.2. The van der Waals surface area contributed by atoms with E-state index in [-0.39, 0.29) is 23.2 Å². The number of carbonyl (C=O) groups excluding carboxylic acids is 2. The maximum absolute atomic E-state index is 12.6. The molecule has 0 aliphatic carbocycles. The minimum atomic E-state index is -0.363. The smallest absolute Gasteiger partial charge is 0.293 e. The summed E-state index contributed by atoms with van der Waals surface area (Å²) in [6.07, 6.45) is 2.94. The van der Waals surface area contributed by atoms with Crippen LogP contribution in [0.15, 0.2) is 23.2 Å². The van der Waals surface area contributed by atoms with Crippen LogP contribution in [-0.4, -0.2) is 74.8 Å². The number of likely N-dealkylation sites (tertiary alicyclic amines) is 1. The molecule has 0 N–H and O–H groups in total. The number of thiophene rings is 1. The molecular weight excluding hydrogens is 354 g/mol. The van der Waals surface area contributed by atoms with Crippen molar-refractivity contribution in [2.75, 3.05) is 32.8 Å². The largest absolute Gasteiger partial charge is 0.371 e. The number of morpholine rings is 1. The number of ether oxygens (including phenoxy) is 1. The highest BCUT2D eigenvalue weighted by atomic mass is 32.1. The molecule has 0 bridgehead atoms. The van der Waals surface area contributed by atoms with Gasteiger partial charge in [0.25, 0.3) is 11.8 Å². The summed E-state index contributed by atoms with van der Waals surface area (Å²) in [5.41, 5.74) is 0.374. The number of aryl methyl sites for hydroxylation is 1. The molecule has 0 atom stereocenters. The van der Waals surface area contributed by atoms with Crippen molar-refractivity contribution in [3.63, 3.8) is 0 Å². The van der Waals surface area contributed by atoms with E-state index in [1.165, 1.54) is 22.3 Å². The van der Waals surface area contributed by atoms with Crippen LogP contribution in [0, 0.1) is 0 Å². The van der Waals surface area contributed by atoms with Crippen LogP contribution in [-0.2, 0) is 11.8 Å². The molecule has 2 aliphatic rings. The normalized spacial score (nSPS) is 19.7. The van der Waals surface area contributed by atoms with Crippen molar-refractivity contribution in [3.05, 3.63) is 34.5 Å². The van der Waals surface area contributed by atoms with Gasteiger partial charge in [-0.1, -0.05) is 0 Å². The summed E-state index contributed by atoms with van der Waals surface area (Å²) in [6.45, 7) is 2.88. The summed E-state index contributed by atoms with van der Waals surface area (Å²) in [6, 6.07) is 1.86. The van der Waals surface area contributed by atoms with Crippen molar-refractivity contribution < 1.29 is 14.3 Å². The Morgan fingerprint density at radius 2 is 2.00 bits per heavy atom. The Labute approximate surface area is 155 Å². The Kier molecular flexibility index (Phi) is 4.49. The first-order chi connectivity index (χ1) is 12.6. The number of carbonyl (C=O) groups is 2. The van der Waals surface area contributed by atoms with Gasteiger partial charge in [-0.05, 0) is 24.3 Å². The molecule has 0 unspecified atom stereocenters. The second kappa shape index (κ2) is 6.81. The summed E-state index contributed by atoms with van der Waals surface area (Å²) in [4.78, 5) is 32.8. The van der Waals surface area contributed by atoms with Gasteiger partial charge in [0, 0.05) is 32.1 Å². The number of nitrogens with zero attached hydrogens (tertiary/aromatic N) is 5. The second-order valence-corrected chi connectivity index (χ2v) is 7.58. The van der Waals surface area contributed by atoms with Crippen molar-refractivity contribution in [2.24, 2.45) is 7.05 Å². The molecule has 2 saturated heterocycles. The average Bonchev–Trinajstić information content (AvgIpc) is 3.33. The van der Waals surface area contributed by atoms with Crippen molar-refractivity contribution in [3.8, 4) is 0 Å². The van der Waals surface area contributed by atoms with Crippen LogP contribution in [0.25, 0.3) is 0 Å². The van der Waals surface area contributed by atoms with Crippen molar-refractivity contribution >= 4 is 23.2 Å². The summed E-state index contributed by atoms with van der Waals surface area (Å²) in [5, 5.41) is 7.88. The summed E-state index contributed by atoms with van der Waals surface area (Å²) >= 11 is 1.53. The topological polar surface area (TPSA) is 80.6 Å². The number of hydrogen-bond acceptors (Lipinski definition) is 6. The average molecular weight is 375 g/mol. The van der Waals surface area contributed by atoms with Crippen LogP contribution in [0.2, 0.25) is 0 Å². The zero-order valence-electron chi connectivity index (χ0n) is 14.6. The Morgan fingerprint density at radius 3 is 2.65 bits per heavy atom. The fourth-order valence-corrected chi connectivity index (χ4v) is 4.22. The van der Waals surface area contributed by atoms with E-state index in [9.17, 15) is 9.59 Å².